The molecule has 19 heavy (non-hydrogen) atoms. The van der Waals surface area contributed by atoms with Crippen LogP contribution in [0.3, 0.4) is 0 Å². The summed E-state index contributed by atoms with van der Waals surface area (Å²) in [6.45, 7) is 7.21. The molecule has 0 aromatic heterocycles. The first-order valence-electron chi connectivity index (χ1n) is 8.41. The average Bonchev–Trinajstić information content (AvgIpc) is 2.63. The van der Waals surface area contributed by atoms with Crippen LogP contribution >= 0.6 is 0 Å². The molecule has 0 bridgehead atoms. The van der Waals surface area contributed by atoms with E-state index in [0.29, 0.717) is 12.0 Å². The van der Waals surface area contributed by atoms with Gasteiger partial charge in [0, 0.05) is 6.04 Å². The summed E-state index contributed by atoms with van der Waals surface area (Å²) >= 11 is 0. The van der Waals surface area contributed by atoms with Gasteiger partial charge < -0.3 is 15.3 Å². The maximum Gasteiger partial charge on any atom is 0.0543 e. The van der Waals surface area contributed by atoms with Gasteiger partial charge in [-0.05, 0) is 77.0 Å². The Bertz CT molecular complexity index is 247. The fraction of sp³-hybridized carbons (Fsp3) is 1.00. The Morgan fingerprint density at radius 3 is 2.79 bits per heavy atom. The number of aliphatic hydroxyl groups is 1. The van der Waals surface area contributed by atoms with E-state index >= 15 is 0 Å². The molecule has 112 valence electrons. The molecule has 1 aliphatic heterocycles. The number of likely N-dealkylation sites (tertiary alicyclic amines) is 1. The summed E-state index contributed by atoms with van der Waals surface area (Å²) in [5.41, 5.74) is 0. The van der Waals surface area contributed by atoms with Gasteiger partial charge in [0.15, 0.2) is 0 Å². The molecule has 2 rings (SSSR count). The minimum atomic E-state index is -0.0327. The lowest BCUT2D eigenvalue weighted by molar-refractivity contribution is 0.0993. The third kappa shape index (κ3) is 5.41. The molecule has 0 spiro atoms. The van der Waals surface area contributed by atoms with Crippen LogP contribution in [0, 0.1) is 5.92 Å². The molecule has 2 aliphatic rings. The van der Waals surface area contributed by atoms with E-state index in [-0.39, 0.29) is 6.10 Å². The van der Waals surface area contributed by atoms with Gasteiger partial charge in [-0.15, -0.1) is 0 Å². The van der Waals surface area contributed by atoms with Crippen molar-refractivity contribution in [3.63, 3.8) is 0 Å². The monoisotopic (exact) mass is 268 g/mol. The lowest BCUT2D eigenvalue weighted by atomic mass is 9.87. The zero-order valence-corrected chi connectivity index (χ0v) is 12.6. The summed E-state index contributed by atoms with van der Waals surface area (Å²) in [7, 11) is 0. The van der Waals surface area contributed by atoms with E-state index in [1.807, 2.05) is 0 Å². The van der Waals surface area contributed by atoms with Crippen LogP contribution in [-0.2, 0) is 0 Å². The molecule has 3 heteroatoms. The van der Waals surface area contributed by atoms with Crippen molar-refractivity contribution < 1.29 is 5.11 Å². The van der Waals surface area contributed by atoms with Crippen molar-refractivity contribution in [1.82, 2.24) is 10.2 Å². The van der Waals surface area contributed by atoms with Crippen molar-refractivity contribution >= 4 is 0 Å². The van der Waals surface area contributed by atoms with E-state index in [0.717, 1.165) is 19.4 Å². The molecule has 1 saturated carbocycles. The highest BCUT2D eigenvalue weighted by atomic mass is 16.3. The quantitative estimate of drug-likeness (QED) is 0.803. The fourth-order valence-electron chi connectivity index (χ4n) is 3.68. The van der Waals surface area contributed by atoms with Crippen LogP contribution in [0.1, 0.15) is 58.3 Å². The first-order chi connectivity index (χ1) is 9.28. The molecule has 1 aliphatic carbocycles. The highest BCUT2D eigenvalue weighted by molar-refractivity contribution is 4.79. The van der Waals surface area contributed by atoms with Gasteiger partial charge in [0.1, 0.15) is 0 Å². The first-order valence-corrected chi connectivity index (χ1v) is 8.41. The van der Waals surface area contributed by atoms with E-state index in [4.69, 9.17) is 0 Å². The summed E-state index contributed by atoms with van der Waals surface area (Å²) in [5.74, 6) is 0.707. The summed E-state index contributed by atoms with van der Waals surface area (Å²) in [4.78, 5) is 2.62. The zero-order chi connectivity index (χ0) is 13.5. The first kappa shape index (κ1) is 15.3. The van der Waals surface area contributed by atoms with Gasteiger partial charge in [-0.3, -0.25) is 0 Å². The van der Waals surface area contributed by atoms with Gasteiger partial charge in [0.2, 0.25) is 0 Å². The highest BCUT2D eigenvalue weighted by Gasteiger charge is 2.22. The van der Waals surface area contributed by atoms with Gasteiger partial charge in [-0.1, -0.05) is 13.3 Å². The number of hydrogen-bond acceptors (Lipinski definition) is 3. The van der Waals surface area contributed by atoms with Crippen molar-refractivity contribution in [2.45, 2.75) is 70.4 Å². The molecular formula is C16H32N2O. The number of rotatable bonds is 5. The molecule has 0 aromatic carbocycles. The maximum atomic E-state index is 9.72. The number of aliphatic hydroxyl groups excluding tert-OH is 1. The Kier molecular flexibility index (Phi) is 6.62. The molecule has 3 nitrogen and oxygen atoms in total. The molecule has 0 radical (unpaired) electrons. The summed E-state index contributed by atoms with van der Waals surface area (Å²) in [6.07, 6.45) is 9.76. The molecule has 3 atom stereocenters. The Hall–Kier alpha value is -0.120. The van der Waals surface area contributed by atoms with Crippen LogP contribution in [0.15, 0.2) is 0 Å². The SMILES string of the molecule is CCCN1CCCC(NCC2CCCC(O)C2)CC1. The number of hydrogen-bond donors (Lipinski definition) is 2. The Morgan fingerprint density at radius 1 is 1.11 bits per heavy atom. The summed E-state index contributed by atoms with van der Waals surface area (Å²) in [5, 5.41) is 13.5. The molecule has 0 aromatic rings. The molecule has 1 heterocycles. The summed E-state index contributed by atoms with van der Waals surface area (Å²) in [6, 6.07) is 0.709. The molecule has 2 fully saturated rings. The van der Waals surface area contributed by atoms with Crippen molar-refractivity contribution in [2.24, 2.45) is 5.92 Å². The number of nitrogens with one attached hydrogen (secondary N) is 1. The van der Waals surface area contributed by atoms with Crippen LogP contribution in [0.4, 0.5) is 0 Å². The van der Waals surface area contributed by atoms with Crippen molar-refractivity contribution in [2.75, 3.05) is 26.2 Å². The third-order valence-corrected chi connectivity index (χ3v) is 4.81. The lowest BCUT2D eigenvalue weighted by Crippen LogP contribution is -2.36. The maximum absolute atomic E-state index is 9.72. The normalized spacial score (nSPS) is 34.1. The summed E-state index contributed by atoms with van der Waals surface area (Å²) < 4.78 is 0. The van der Waals surface area contributed by atoms with Crippen LogP contribution in [0.25, 0.3) is 0 Å². The van der Waals surface area contributed by atoms with Crippen molar-refractivity contribution in [3.05, 3.63) is 0 Å². The predicted molar refractivity (Wildman–Crippen MR) is 80.3 cm³/mol. The zero-order valence-electron chi connectivity index (χ0n) is 12.6. The van der Waals surface area contributed by atoms with Crippen molar-refractivity contribution in [1.29, 1.82) is 0 Å². The van der Waals surface area contributed by atoms with Crippen LogP contribution in [0.2, 0.25) is 0 Å². The lowest BCUT2D eigenvalue weighted by Gasteiger charge is -2.28. The largest absolute Gasteiger partial charge is 0.393 e. The second-order valence-corrected chi connectivity index (χ2v) is 6.56. The Morgan fingerprint density at radius 2 is 2.00 bits per heavy atom. The van der Waals surface area contributed by atoms with E-state index in [9.17, 15) is 5.11 Å². The molecule has 1 saturated heterocycles. The standard InChI is InChI=1S/C16H32N2O/c1-2-9-18-10-4-6-15(8-11-18)17-13-14-5-3-7-16(19)12-14/h14-17,19H,2-13H2,1H3. The Balaban J connectivity index is 1.65. The Labute approximate surface area is 118 Å². The molecule has 2 N–H and O–H groups in total. The van der Waals surface area contributed by atoms with Gasteiger partial charge in [-0.25, -0.2) is 0 Å². The van der Waals surface area contributed by atoms with Gasteiger partial charge in [0.25, 0.3) is 0 Å². The van der Waals surface area contributed by atoms with Crippen LogP contribution in [0.5, 0.6) is 0 Å². The minimum Gasteiger partial charge on any atom is -0.393 e. The predicted octanol–water partition coefficient (Wildman–Crippen LogP) is 2.39. The highest BCUT2D eigenvalue weighted by Crippen LogP contribution is 2.24. The van der Waals surface area contributed by atoms with E-state index in [1.54, 1.807) is 0 Å². The van der Waals surface area contributed by atoms with Crippen LogP contribution < -0.4 is 5.32 Å². The van der Waals surface area contributed by atoms with E-state index in [1.165, 1.54) is 58.2 Å². The van der Waals surface area contributed by atoms with Gasteiger partial charge >= 0.3 is 0 Å². The third-order valence-electron chi connectivity index (χ3n) is 4.81. The van der Waals surface area contributed by atoms with Crippen molar-refractivity contribution in [3.8, 4) is 0 Å². The second kappa shape index (κ2) is 8.23. The van der Waals surface area contributed by atoms with Crippen LogP contribution in [-0.4, -0.2) is 48.3 Å². The molecular weight excluding hydrogens is 236 g/mol. The molecule has 3 unspecified atom stereocenters. The number of nitrogens with zero attached hydrogens (tertiary/aromatic N) is 1. The topological polar surface area (TPSA) is 35.5 Å². The minimum absolute atomic E-state index is 0.0327. The second-order valence-electron chi connectivity index (χ2n) is 6.56. The van der Waals surface area contributed by atoms with E-state index in [2.05, 4.69) is 17.1 Å². The smallest absolute Gasteiger partial charge is 0.0543 e. The van der Waals surface area contributed by atoms with Gasteiger partial charge in [0.05, 0.1) is 6.10 Å². The van der Waals surface area contributed by atoms with Gasteiger partial charge in [-0.2, -0.15) is 0 Å². The average molecular weight is 268 g/mol. The molecule has 0 amide bonds. The fourth-order valence-corrected chi connectivity index (χ4v) is 3.68. The van der Waals surface area contributed by atoms with E-state index < -0.39 is 0 Å².